The summed E-state index contributed by atoms with van der Waals surface area (Å²) in [5.74, 6) is 0. The molecule has 0 amide bonds. The Kier molecular flexibility index (Phi) is 10.4. The smallest absolute Gasteiger partial charge is 0.0737 e. The van der Waals surface area contributed by atoms with Gasteiger partial charge < -0.3 is 10.6 Å². The highest BCUT2D eigenvalue weighted by Crippen LogP contribution is 2.36. The lowest BCUT2D eigenvalue weighted by Crippen LogP contribution is -2.07. The number of rotatable bonds is 6. The van der Waals surface area contributed by atoms with Crippen LogP contribution in [0.25, 0.3) is 0 Å². The first-order valence-corrected chi connectivity index (χ1v) is 10.8. The van der Waals surface area contributed by atoms with Gasteiger partial charge in [-0.25, -0.2) is 0 Å². The molecule has 0 atom stereocenters. The molecule has 0 aromatic heterocycles. The zero-order valence-electron chi connectivity index (χ0n) is 17.7. The molecule has 0 spiro atoms. The maximum Gasteiger partial charge on any atom is 0.0737 e. The van der Waals surface area contributed by atoms with E-state index in [-0.39, 0.29) is 7.43 Å². The summed E-state index contributed by atoms with van der Waals surface area (Å²) in [6, 6.07) is 14.9. The Balaban J connectivity index is 0.00000136. The van der Waals surface area contributed by atoms with Gasteiger partial charge in [-0.3, -0.25) is 0 Å². The zero-order chi connectivity index (χ0) is 20.5. The van der Waals surface area contributed by atoms with Crippen molar-refractivity contribution in [1.29, 1.82) is 0 Å². The number of hydrogen-bond donors (Lipinski definition) is 2. The van der Waals surface area contributed by atoms with Crippen LogP contribution in [0.3, 0.4) is 0 Å². The zero-order valence-corrected chi connectivity index (χ0v) is 18.5. The molecule has 156 valence electrons. The van der Waals surface area contributed by atoms with Crippen molar-refractivity contribution in [3.8, 4) is 0 Å². The molecule has 0 bridgehead atoms. The minimum atomic E-state index is 0. The molecule has 1 aliphatic rings. The van der Waals surface area contributed by atoms with Crippen LogP contribution in [0, 0.1) is 13.8 Å². The van der Waals surface area contributed by atoms with E-state index in [9.17, 15) is 0 Å². The van der Waals surface area contributed by atoms with E-state index in [1.165, 1.54) is 27.3 Å². The molecule has 0 saturated heterocycles. The molecule has 0 aliphatic carbocycles. The van der Waals surface area contributed by atoms with Gasteiger partial charge in [0.2, 0.25) is 0 Å². The fourth-order valence-corrected chi connectivity index (χ4v) is 3.95. The van der Waals surface area contributed by atoms with E-state index in [1.54, 1.807) is 11.8 Å². The third-order valence-electron chi connectivity index (χ3n) is 4.43. The lowest BCUT2D eigenvalue weighted by Gasteiger charge is -2.21. The van der Waals surface area contributed by atoms with Gasteiger partial charge in [-0.05, 0) is 55.5 Å². The highest BCUT2D eigenvalue weighted by Gasteiger charge is 2.13. The van der Waals surface area contributed by atoms with Gasteiger partial charge in [-0.15, -0.1) is 0 Å². The number of anilines is 2. The minimum Gasteiger partial charge on any atom is -0.355 e. The van der Waals surface area contributed by atoms with E-state index in [1.807, 2.05) is 13.8 Å². The number of para-hydroxylation sites is 1. The number of nitrogens with one attached hydrogen (secondary N) is 2. The van der Waals surface area contributed by atoms with E-state index in [4.69, 9.17) is 0 Å². The monoisotopic (exact) mass is 408 g/mol. The van der Waals surface area contributed by atoms with E-state index < -0.39 is 0 Å². The summed E-state index contributed by atoms with van der Waals surface area (Å²) < 4.78 is 0. The summed E-state index contributed by atoms with van der Waals surface area (Å²) in [6.45, 7) is 14.7. The second-order valence-corrected chi connectivity index (χ2v) is 7.62. The molecule has 3 rings (SSSR count). The maximum atomic E-state index is 4.29. The molecular formula is C26H36N2S. The van der Waals surface area contributed by atoms with Gasteiger partial charge in [0.1, 0.15) is 0 Å². The van der Waals surface area contributed by atoms with Crippen LogP contribution in [0.4, 0.5) is 11.4 Å². The summed E-state index contributed by atoms with van der Waals surface area (Å²) in [4.78, 5) is 1.17. The largest absolute Gasteiger partial charge is 0.355 e. The second kappa shape index (κ2) is 12.2. The van der Waals surface area contributed by atoms with Crippen LogP contribution in [0.1, 0.15) is 51.3 Å². The summed E-state index contributed by atoms with van der Waals surface area (Å²) in [7, 11) is 0. The number of allylic oxidation sites excluding steroid dienone is 2. The van der Waals surface area contributed by atoms with E-state index >= 15 is 0 Å². The van der Waals surface area contributed by atoms with Gasteiger partial charge in [0.25, 0.3) is 0 Å². The quantitative estimate of drug-likeness (QED) is 0.501. The van der Waals surface area contributed by atoms with Gasteiger partial charge in [-0.1, -0.05) is 89.0 Å². The van der Waals surface area contributed by atoms with E-state index in [0.717, 1.165) is 29.3 Å². The van der Waals surface area contributed by atoms with Crippen molar-refractivity contribution < 1.29 is 0 Å². The van der Waals surface area contributed by atoms with Crippen LogP contribution in [0.5, 0.6) is 0 Å². The van der Waals surface area contributed by atoms with Crippen LogP contribution >= 0.6 is 11.8 Å². The normalized spacial score (nSPS) is 12.4. The van der Waals surface area contributed by atoms with Crippen molar-refractivity contribution >= 4 is 23.1 Å². The fourth-order valence-electron chi connectivity index (χ4n) is 3.02. The SMILES string of the molecule is C.C=C(Nc1c(C)cccc1CC)C1=CCC=C(Nc2cccc(C)c2)S1.CC. The fraction of sp³-hybridized carbons (Fsp3) is 0.308. The Morgan fingerprint density at radius 3 is 2.48 bits per heavy atom. The molecule has 2 aromatic rings. The first-order valence-electron chi connectivity index (χ1n) is 10.0. The molecule has 29 heavy (non-hydrogen) atoms. The molecule has 1 aliphatic heterocycles. The molecule has 0 unspecified atom stereocenters. The molecular weight excluding hydrogens is 372 g/mol. The van der Waals surface area contributed by atoms with Crippen LogP contribution in [-0.2, 0) is 6.42 Å². The summed E-state index contributed by atoms with van der Waals surface area (Å²) in [6.07, 6.45) is 6.36. The Bertz CT molecular complexity index is 878. The first-order chi connectivity index (χ1) is 13.6. The Morgan fingerprint density at radius 2 is 1.79 bits per heavy atom. The lowest BCUT2D eigenvalue weighted by molar-refractivity contribution is 1.13. The lowest BCUT2D eigenvalue weighted by atomic mass is 10.1. The molecule has 2 N–H and O–H groups in total. The third-order valence-corrected chi connectivity index (χ3v) is 5.55. The van der Waals surface area contributed by atoms with E-state index in [0.29, 0.717) is 0 Å². The molecule has 0 fully saturated rings. The summed E-state index contributed by atoms with van der Waals surface area (Å²) >= 11 is 1.73. The average molecular weight is 409 g/mol. The van der Waals surface area contributed by atoms with Gasteiger partial charge in [-0.2, -0.15) is 0 Å². The van der Waals surface area contributed by atoms with Gasteiger partial charge >= 0.3 is 0 Å². The molecule has 0 radical (unpaired) electrons. The predicted molar refractivity (Wildman–Crippen MR) is 135 cm³/mol. The standard InChI is InChI=1S/C23H26N2S.C2H6.CH4/c1-5-19-11-7-10-17(3)23(19)24-18(4)21-13-8-14-22(26-21)25-20-12-6-9-16(2)15-20;1-2;/h6-7,9-15,24-25H,4-5,8H2,1-3H3;1-2H3;1H4. The third kappa shape index (κ3) is 6.86. The van der Waals surface area contributed by atoms with Crippen molar-refractivity contribution in [3.63, 3.8) is 0 Å². The highest BCUT2D eigenvalue weighted by molar-refractivity contribution is 8.07. The number of hydrogen-bond acceptors (Lipinski definition) is 3. The molecule has 2 aromatic carbocycles. The molecule has 0 saturated carbocycles. The topological polar surface area (TPSA) is 24.1 Å². The van der Waals surface area contributed by atoms with Gasteiger partial charge in [0, 0.05) is 22.0 Å². The number of thioether (sulfide) groups is 1. The molecule has 3 heteroatoms. The van der Waals surface area contributed by atoms with Crippen LogP contribution in [0.2, 0.25) is 0 Å². The van der Waals surface area contributed by atoms with E-state index in [2.05, 4.69) is 92.6 Å². The van der Waals surface area contributed by atoms with Crippen molar-refractivity contribution in [1.82, 2.24) is 0 Å². The van der Waals surface area contributed by atoms with Gasteiger partial charge in [0.05, 0.1) is 5.03 Å². The Hall–Kier alpha value is -2.39. The average Bonchev–Trinajstić information content (AvgIpc) is 2.71. The number of benzene rings is 2. The van der Waals surface area contributed by atoms with Crippen molar-refractivity contribution in [3.05, 3.63) is 93.5 Å². The molecule has 2 nitrogen and oxygen atoms in total. The number of aryl methyl sites for hydroxylation is 3. The van der Waals surface area contributed by atoms with Crippen molar-refractivity contribution in [2.45, 2.75) is 54.9 Å². The first kappa shape index (κ1) is 24.6. The Morgan fingerprint density at radius 1 is 1.07 bits per heavy atom. The van der Waals surface area contributed by atoms with Gasteiger partial charge in [0.15, 0.2) is 0 Å². The van der Waals surface area contributed by atoms with Crippen LogP contribution < -0.4 is 10.6 Å². The van der Waals surface area contributed by atoms with Crippen LogP contribution in [-0.4, -0.2) is 0 Å². The predicted octanol–water partition coefficient (Wildman–Crippen LogP) is 8.43. The Labute approximate surface area is 182 Å². The maximum absolute atomic E-state index is 4.29. The molecule has 1 heterocycles. The van der Waals surface area contributed by atoms with Crippen molar-refractivity contribution in [2.24, 2.45) is 0 Å². The summed E-state index contributed by atoms with van der Waals surface area (Å²) in [5.41, 5.74) is 7.09. The minimum absolute atomic E-state index is 0. The second-order valence-electron chi connectivity index (χ2n) is 6.54. The van der Waals surface area contributed by atoms with Crippen LogP contribution in [0.15, 0.2) is 76.8 Å². The summed E-state index contributed by atoms with van der Waals surface area (Å²) in [5, 5.41) is 8.22. The van der Waals surface area contributed by atoms with Crippen molar-refractivity contribution in [2.75, 3.05) is 10.6 Å². The highest BCUT2D eigenvalue weighted by atomic mass is 32.2.